The highest BCUT2D eigenvalue weighted by Gasteiger charge is 2.14. The Morgan fingerprint density at radius 1 is 1.26 bits per heavy atom. The van der Waals surface area contributed by atoms with Crippen LogP contribution in [0.4, 0.5) is 4.39 Å². The fourth-order valence-electron chi connectivity index (χ4n) is 2.00. The van der Waals surface area contributed by atoms with Crippen LogP contribution < -0.4 is 0 Å². The number of pyridine rings is 1. The van der Waals surface area contributed by atoms with Crippen molar-refractivity contribution in [3.05, 3.63) is 53.3 Å². The molecule has 0 aliphatic carbocycles. The van der Waals surface area contributed by atoms with E-state index in [1.807, 2.05) is 0 Å². The van der Waals surface area contributed by atoms with Crippen LogP contribution in [0.5, 0.6) is 0 Å². The van der Waals surface area contributed by atoms with E-state index >= 15 is 0 Å². The Balaban J connectivity index is 2.34. The smallest absolute Gasteiger partial charge is 0.148 e. The second kappa shape index (κ2) is 4.79. The van der Waals surface area contributed by atoms with Crippen LogP contribution in [-0.4, -0.2) is 14.5 Å². The van der Waals surface area contributed by atoms with Crippen LogP contribution >= 0.6 is 23.2 Å². The van der Waals surface area contributed by atoms with Crippen LogP contribution in [0, 0.1) is 5.82 Å². The molecule has 6 heteroatoms. The topological polar surface area (TPSA) is 30.7 Å². The molecule has 1 aromatic carbocycles. The van der Waals surface area contributed by atoms with E-state index in [4.69, 9.17) is 23.2 Å². The molecule has 3 rings (SSSR count). The number of fused-ring (bicyclic) bond motifs is 1. The molecule has 19 heavy (non-hydrogen) atoms. The molecule has 2 aromatic heterocycles. The molecular weight excluding hydrogens is 288 g/mol. The van der Waals surface area contributed by atoms with Gasteiger partial charge in [0.25, 0.3) is 0 Å². The van der Waals surface area contributed by atoms with Gasteiger partial charge in [-0.1, -0.05) is 11.6 Å². The molecule has 0 unspecified atom stereocenters. The highest BCUT2D eigenvalue weighted by Crippen LogP contribution is 2.25. The number of nitrogens with zero attached hydrogens (tertiary/aromatic N) is 3. The number of hydrogen-bond acceptors (Lipinski definition) is 2. The summed E-state index contributed by atoms with van der Waals surface area (Å²) >= 11 is 11.7. The first-order valence-corrected chi connectivity index (χ1v) is 6.44. The summed E-state index contributed by atoms with van der Waals surface area (Å²) in [7, 11) is 0. The van der Waals surface area contributed by atoms with Gasteiger partial charge in [-0.05, 0) is 24.3 Å². The van der Waals surface area contributed by atoms with Crippen molar-refractivity contribution in [2.75, 3.05) is 0 Å². The van der Waals surface area contributed by atoms with Gasteiger partial charge < -0.3 is 0 Å². The lowest BCUT2D eigenvalue weighted by atomic mass is 10.3. The van der Waals surface area contributed by atoms with E-state index in [1.54, 1.807) is 35.2 Å². The number of aromatic nitrogens is 3. The Morgan fingerprint density at radius 3 is 2.84 bits per heavy atom. The Hall–Kier alpha value is -1.65. The quantitative estimate of drug-likeness (QED) is 0.670. The standard InChI is InChI=1S/C13H8Cl2FN3/c14-6-13-18-10-7-17-4-3-12(10)19(13)11-2-1-8(15)5-9(11)16/h1-5,7H,6H2. The lowest BCUT2D eigenvalue weighted by Gasteiger charge is -2.09. The number of alkyl halides is 1. The predicted octanol–water partition coefficient (Wildman–Crippen LogP) is 3.95. The summed E-state index contributed by atoms with van der Waals surface area (Å²) in [6.45, 7) is 0. The first kappa shape index (κ1) is 12.4. The normalized spacial score (nSPS) is 11.1. The summed E-state index contributed by atoms with van der Waals surface area (Å²) in [6.07, 6.45) is 3.25. The molecule has 0 radical (unpaired) electrons. The van der Waals surface area contributed by atoms with Crippen LogP contribution in [0.3, 0.4) is 0 Å². The highest BCUT2D eigenvalue weighted by molar-refractivity contribution is 6.30. The molecule has 3 aromatic rings. The van der Waals surface area contributed by atoms with E-state index in [1.165, 1.54) is 6.07 Å². The molecule has 0 N–H and O–H groups in total. The van der Waals surface area contributed by atoms with Gasteiger partial charge in [0.15, 0.2) is 0 Å². The summed E-state index contributed by atoms with van der Waals surface area (Å²) in [5.74, 6) is 0.317. The van der Waals surface area contributed by atoms with Crippen molar-refractivity contribution >= 4 is 34.2 Å². The van der Waals surface area contributed by atoms with Crippen LogP contribution in [0.2, 0.25) is 5.02 Å². The largest absolute Gasteiger partial charge is 0.292 e. The van der Waals surface area contributed by atoms with E-state index in [2.05, 4.69) is 9.97 Å². The van der Waals surface area contributed by atoms with Crippen molar-refractivity contribution in [3.8, 4) is 5.69 Å². The predicted molar refractivity (Wildman–Crippen MR) is 73.4 cm³/mol. The monoisotopic (exact) mass is 295 g/mol. The average molecular weight is 296 g/mol. The van der Waals surface area contributed by atoms with E-state index in [0.29, 0.717) is 22.1 Å². The molecule has 0 aliphatic rings. The van der Waals surface area contributed by atoms with Crippen LogP contribution in [0.25, 0.3) is 16.7 Å². The van der Waals surface area contributed by atoms with Crippen molar-refractivity contribution in [2.45, 2.75) is 5.88 Å². The van der Waals surface area contributed by atoms with Crippen molar-refractivity contribution < 1.29 is 4.39 Å². The Bertz CT molecular complexity index is 755. The Kier molecular flexibility index (Phi) is 3.12. The summed E-state index contributed by atoms with van der Waals surface area (Å²) in [5.41, 5.74) is 1.80. The molecule has 0 fully saturated rings. The third kappa shape index (κ3) is 2.07. The Labute approximate surface area is 118 Å². The molecule has 0 saturated heterocycles. The second-order valence-electron chi connectivity index (χ2n) is 3.96. The number of hydrogen-bond donors (Lipinski definition) is 0. The maximum Gasteiger partial charge on any atom is 0.148 e. The minimum Gasteiger partial charge on any atom is -0.292 e. The number of imidazole rings is 1. The summed E-state index contributed by atoms with van der Waals surface area (Å²) in [5, 5.41) is 0.347. The van der Waals surface area contributed by atoms with E-state index in [-0.39, 0.29) is 5.88 Å². The maximum atomic E-state index is 14.1. The van der Waals surface area contributed by atoms with Gasteiger partial charge in [0, 0.05) is 11.2 Å². The first-order chi connectivity index (χ1) is 9.20. The lowest BCUT2D eigenvalue weighted by molar-refractivity contribution is 0.618. The van der Waals surface area contributed by atoms with Gasteiger partial charge >= 0.3 is 0 Å². The van der Waals surface area contributed by atoms with Gasteiger partial charge in [0.2, 0.25) is 0 Å². The summed E-state index contributed by atoms with van der Waals surface area (Å²) in [4.78, 5) is 8.34. The zero-order chi connectivity index (χ0) is 13.4. The summed E-state index contributed by atoms with van der Waals surface area (Å²) in [6, 6.07) is 6.27. The number of halogens is 3. The third-order valence-corrected chi connectivity index (χ3v) is 3.27. The molecule has 0 spiro atoms. The molecule has 0 atom stereocenters. The van der Waals surface area contributed by atoms with Gasteiger partial charge in [-0.2, -0.15) is 0 Å². The van der Waals surface area contributed by atoms with Gasteiger partial charge in [-0.25, -0.2) is 9.37 Å². The fourth-order valence-corrected chi connectivity index (χ4v) is 2.34. The van der Waals surface area contributed by atoms with Crippen molar-refractivity contribution in [2.24, 2.45) is 0 Å². The zero-order valence-corrected chi connectivity index (χ0v) is 11.2. The van der Waals surface area contributed by atoms with E-state index in [9.17, 15) is 4.39 Å². The van der Waals surface area contributed by atoms with Gasteiger partial charge in [0.05, 0.1) is 23.3 Å². The molecular formula is C13H8Cl2FN3. The number of benzene rings is 1. The molecule has 3 nitrogen and oxygen atoms in total. The fraction of sp³-hybridized carbons (Fsp3) is 0.0769. The number of rotatable bonds is 2. The van der Waals surface area contributed by atoms with E-state index in [0.717, 1.165) is 5.52 Å². The van der Waals surface area contributed by atoms with E-state index < -0.39 is 5.82 Å². The van der Waals surface area contributed by atoms with Crippen molar-refractivity contribution in [1.29, 1.82) is 0 Å². The van der Waals surface area contributed by atoms with Gasteiger partial charge in [-0.3, -0.25) is 9.55 Å². The van der Waals surface area contributed by atoms with Gasteiger partial charge in [-0.15, -0.1) is 11.6 Å². The molecule has 96 valence electrons. The molecule has 0 saturated carbocycles. The maximum absolute atomic E-state index is 14.1. The minimum atomic E-state index is -0.421. The van der Waals surface area contributed by atoms with Crippen LogP contribution in [-0.2, 0) is 5.88 Å². The molecule has 0 amide bonds. The second-order valence-corrected chi connectivity index (χ2v) is 4.66. The average Bonchev–Trinajstić information content (AvgIpc) is 2.77. The minimum absolute atomic E-state index is 0.177. The first-order valence-electron chi connectivity index (χ1n) is 5.53. The van der Waals surface area contributed by atoms with Crippen LogP contribution in [0.15, 0.2) is 36.7 Å². The lowest BCUT2D eigenvalue weighted by Crippen LogP contribution is -2.02. The zero-order valence-electron chi connectivity index (χ0n) is 9.65. The molecule has 2 heterocycles. The highest BCUT2D eigenvalue weighted by atomic mass is 35.5. The van der Waals surface area contributed by atoms with Gasteiger partial charge in [0.1, 0.15) is 17.2 Å². The molecule has 0 aliphatic heterocycles. The van der Waals surface area contributed by atoms with Crippen LogP contribution in [0.1, 0.15) is 5.82 Å². The Morgan fingerprint density at radius 2 is 2.11 bits per heavy atom. The van der Waals surface area contributed by atoms with Crippen molar-refractivity contribution in [3.63, 3.8) is 0 Å². The SMILES string of the molecule is Fc1cc(Cl)ccc1-n1c(CCl)nc2cnccc21. The summed E-state index contributed by atoms with van der Waals surface area (Å²) < 4.78 is 15.7. The van der Waals surface area contributed by atoms with Crippen molar-refractivity contribution in [1.82, 2.24) is 14.5 Å². The molecule has 0 bridgehead atoms. The third-order valence-electron chi connectivity index (χ3n) is 2.80.